The van der Waals surface area contributed by atoms with Crippen LogP contribution in [0.4, 0.5) is 10.5 Å². The molecule has 0 unspecified atom stereocenters. The van der Waals surface area contributed by atoms with Gasteiger partial charge in [0.2, 0.25) is 41.4 Å². The Hall–Kier alpha value is -9.57. The summed E-state index contributed by atoms with van der Waals surface area (Å²) in [5.74, 6) is -12.4. The summed E-state index contributed by atoms with van der Waals surface area (Å²) in [6.07, 6.45) is -5.57. The van der Waals surface area contributed by atoms with E-state index in [1.165, 1.54) is 24.3 Å². The molecule has 18 N–H and O–H groups in total. The zero-order valence-electron chi connectivity index (χ0n) is 40.0. The summed E-state index contributed by atoms with van der Waals surface area (Å²) in [5, 5.41) is 64.1. The molecule has 6 atom stereocenters. The van der Waals surface area contributed by atoms with Gasteiger partial charge in [0.25, 0.3) is 0 Å². The Bertz CT molecular complexity index is 2580. The van der Waals surface area contributed by atoms with Crippen molar-refractivity contribution in [3.8, 4) is 11.5 Å². The first-order valence-electron chi connectivity index (χ1n) is 22.7. The van der Waals surface area contributed by atoms with Crippen LogP contribution in [0.1, 0.15) is 61.6 Å². The molecule has 29 nitrogen and oxygen atoms in total. The number of ether oxygens (including phenoxy) is 1. The van der Waals surface area contributed by atoms with Gasteiger partial charge in [0.1, 0.15) is 48.6 Å². The van der Waals surface area contributed by atoms with E-state index in [9.17, 15) is 78.5 Å². The summed E-state index contributed by atoms with van der Waals surface area (Å²) in [7, 11) is 0. The van der Waals surface area contributed by atoms with Crippen LogP contribution in [-0.4, -0.2) is 133 Å². The van der Waals surface area contributed by atoms with E-state index in [1.807, 2.05) is 5.32 Å². The zero-order valence-corrected chi connectivity index (χ0v) is 40.0. The molecule has 0 spiro atoms. The van der Waals surface area contributed by atoms with Crippen LogP contribution in [0.2, 0.25) is 0 Å². The number of phenolic OH excluding ortho intramolecular Hbond substituents is 2. The molecule has 3 aromatic carbocycles. The van der Waals surface area contributed by atoms with Crippen LogP contribution in [0, 0.1) is 10.1 Å². The summed E-state index contributed by atoms with van der Waals surface area (Å²) in [6.45, 7) is -0.245. The normalized spacial score (nSPS) is 13.1. The third-order valence-corrected chi connectivity index (χ3v) is 10.7. The van der Waals surface area contributed by atoms with Gasteiger partial charge in [-0.25, -0.2) is 9.59 Å². The number of hydrogen-bond acceptors (Lipinski definition) is 16. The third-order valence-electron chi connectivity index (χ3n) is 10.7. The molecule has 0 fully saturated rings. The number of alkyl carbamates (subject to hydrolysis) is 1. The average molecular weight is 1050 g/mol. The van der Waals surface area contributed by atoms with Crippen LogP contribution < -0.4 is 54.8 Å². The number of nitro groups is 1. The molecule has 3 aromatic rings. The number of amides is 8. The number of benzene rings is 3. The summed E-state index contributed by atoms with van der Waals surface area (Å²) < 4.78 is 5.32. The third kappa shape index (κ3) is 21.8. The maximum Gasteiger partial charge on any atom is 0.408 e. The lowest BCUT2D eigenvalue weighted by atomic mass is 10.0. The van der Waals surface area contributed by atoms with Crippen molar-refractivity contribution in [1.29, 1.82) is 0 Å². The molecule has 0 aliphatic carbocycles. The fourth-order valence-electron chi connectivity index (χ4n) is 6.89. The smallest absolute Gasteiger partial charge is 0.408 e. The molecular weight excluding hydrogens is 993 g/mol. The second-order valence-electron chi connectivity index (χ2n) is 16.6. The van der Waals surface area contributed by atoms with Crippen molar-refractivity contribution in [2.24, 2.45) is 27.9 Å². The topological polar surface area (TPSA) is 493 Å². The van der Waals surface area contributed by atoms with E-state index in [-0.39, 0.29) is 49.7 Å². The number of carboxylic acids is 2. The number of carbonyl (C=O) groups is 10. The van der Waals surface area contributed by atoms with Gasteiger partial charge in [-0.1, -0.05) is 48.5 Å². The molecule has 0 saturated heterocycles. The van der Waals surface area contributed by atoms with Gasteiger partial charge in [0.15, 0.2) is 11.7 Å². The van der Waals surface area contributed by atoms with Crippen molar-refractivity contribution in [2.75, 3.05) is 6.54 Å². The van der Waals surface area contributed by atoms with E-state index < -0.39 is 151 Å². The van der Waals surface area contributed by atoms with Gasteiger partial charge in [-0.05, 0) is 60.6 Å². The number of nitrogens with two attached hydrogens (primary N) is 4. The molecule has 0 aromatic heterocycles. The molecular formula is C46H58N12O17. The predicted octanol–water partition coefficient (Wildman–Crippen LogP) is -2.35. The van der Waals surface area contributed by atoms with Crippen LogP contribution in [-0.2, 0) is 67.3 Å². The zero-order chi connectivity index (χ0) is 55.8. The van der Waals surface area contributed by atoms with Crippen molar-refractivity contribution in [3.05, 3.63) is 99.6 Å². The minimum atomic E-state index is -2.06. The number of aliphatic imine (C=N–C) groups is 1. The molecule has 0 radical (unpaired) electrons. The molecule has 0 aliphatic rings. The van der Waals surface area contributed by atoms with E-state index in [4.69, 9.17) is 27.7 Å². The maximum atomic E-state index is 14.2. The Labute approximate surface area is 426 Å². The van der Waals surface area contributed by atoms with E-state index in [1.54, 1.807) is 30.3 Å². The molecule has 404 valence electrons. The highest BCUT2D eigenvalue weighted by Crippen LogP contribution is 2.27. The number of nitro benzene ring substituents is 1. The first-order valence-corrected chi connectivity index (χ1v) is 22.7. The molecule has 0 saturated carbocycles. The van der Waals surface area contributed by atoms with Crippen molar-refractivity contribution in [3.63, 3.8) is 0 Å². The number of aliphatic carboxylic acids is 2. The number of phenols is 2. The van der Waals surface area contributed by atoms with Gasteiger partial charge >= 0.3 is 23.7 Å². The molecule has 0 bridgehead atoms. The quantitative estimate of drug-likeness (QED) is 0.0105. The van der Waals surface area contributed by atoms with Gasteiger partial charge in [0.05, 0.1) is 11.3 Å². The SMILES string of the molecule is NC(=O)CC[C@H](NC(=O)[C@H](CCC(N)=O)NC(=O)[C@H](CCCN=C(N)N)NC(=O)[C@H](Cc1ccc(O)cc1)NC(=O)OCc1ccccc1)C(=O)N[C@@H](Cc1ccc(O)c([N+](=O)[O-])c1)C(=O)N[C@@H](CC(=O)O)C(=O)O. The van der Waals surface area contributed by atoms with E-state index in [0.717, 1.165) is 18.2 Å². The number of carbonyl (C=O) groups excluding carboxylic acids is 8. The fraction of sp³-hybridized carbons (Fsp3) is 0.370. The van der Waals surface area contributed by atoms with Crippen molar-refractivity contribution < 1.29 is 78.0 Å². The highest BCUT2D eigenvalue weighted by atomic mass is 16.6. The summed E-state index contributed by atoms with van der Waals surface area (Å²) in [4.78, 5) is 145. The first-order chi connectivity index (χ1) is 35.4. The predicted molar refractivity (Wildman–Crippen MR) is 260 cm³/mol. The molecule has 8 amide bonds. The Kier molecular flexibility index (Phi) is 23.7. The summed E-state index contributed by atoms with van der Waals surface area (Å²) in [5.41, 5.74) is 21.8. The lowest BCUT2D eigenvalue weighted by molar-refractivity contribution is -0.385. The first kappa shape index (κ1) is 59.7. The minimum Gasteiger partial charge on any atom is -0.508 e. The fourth-order valence-corrected chi connectivity index (χ4v) is 6.89. The van der Waals surface area contributed by atoms with Crippen LogP contribution >= 0.6 is 0 Å². The number of carboxylic acid groups (broad SMARTS) is 2. The second kappa shape index (κ2) is 29.7. The van der Waals surface area contributed by atoms with Crippen molar-refractivity contribution in [2.45, 2.75) is 101 Å². The maximum absolute atomic E-state index is 14.2. The average Bonchev–Trinajstić information content (AvgIpc) is 3.34. The molecule has 29 heteroatoms. The van der Waals surface area contributed by atoms with Gasteiger partial charge in [-0.3, -0.25) is 53.5 Å². The molecule has 0 heterocycles. The van der Waals surface area contributed by atoms with Crippen LogP contribution in [0.25, 0.3) is 0 Å². The Balaban J connectivity index is 1.98. The second-order valence-corrected chi connectivity index (χ2v) is 16.6. The number of guanidine groups is 1. The number of rotatable bonds is 31. The van der Waals surface area contributed by atoms with Gasteiger partial charge in [-0.2, -0.15) is 0 Å². The number of aromatic hydroxyl groups is 2. The van der Waals surface area contributed by atoms with E-state index >= 15 is 0 Å². The summed E-state index contributed by atoms with van der Waals surface area (Å²) in [6, 6.07) is 6.43. The monoisotopic (exact) mass is 1050 g/mol. The Morgan fingerprint density at radius 3 is 1.55 bits per heavy atom. The lowest BCUT2D eigenvalue weighted by Gasteiger charge is -2.27. The van der Waals surface area contributed by atoms with Crippen LogP contribution in [0.3, 0.4) is 0 Å². The van der Waals surface area contributed by atoms with Gasteiger partial charge in [-0.15, -0.1) is 0 Å². The molecule has 75 heavy (non-hydrogen) atoms. The molecule has 0 aliphatic heterocycles. The van der Waals surface area contributed by atoms with E-state index in [2.05, 4.69) is 31.6 Å². The standard InChI is InChI=1S/C46H58N12O17/c47-36(61)16-13-29(40(66)54-30(14-17-37(48)62)41(67)55-31(42(68)56-33(44(70)71)22-38(63)64)20-26-10-15-35(60)34(21-26)58(73)74)53-39(65)28(7-4-18-51-45(49)50)52-43(69)32(19-24-8-11-27(59)12-9-24)57-46(72)75-23-25-5-2-1-3-6-25/h1-3,5-6,8-12,15,21,28-33,59-60H,4,7,13-14,16-20,22-23H2,(H2,47,61)(H2,48,62)(H,52,69)(H,53,65)(H,54,66)(H,55,67)(H,56,68)(H,57,72)(H,63,64)(H,70,71)(H4,49,50,51)/t28-,29-,30-,31-,32-,33-/m0/s1. The molecule has 3 rings (SSSR count). The van der Waals surface area contributed by atoms with Gasteiger partial charge < -0.3 is 80.0 Å². The van der Waals surface area contributed by atoms with Crippen LogP contribution in [0.15, 0.2) is 77.8 Å². The highest BCUT2D eigenvalue weighted by molar-refractivity contribution is 5.97. The van der Waals surface area contributed by atoms with Crippen molar-refractivity contribution in [1.82, 2.24) is 31.9 Å². The Morgan fingerprint density at radius 2 is 1.05 bits per heavy atom. The number of nitrogens with one attached hydrogen (secondary N) is 6. The van der Waals surface area contributed by atoms with Gasteiger partial charge in [0, 0.05) is 38.3 Å². The van der Waals surface area contributed by atoms with E-state index in [0.29, 0.717) is 11.1 Å². The lowest BCUT2D eigenvalue weighted by Crippen LogP contribution is -2.60. The number of nitrogens with zero attached hydrogens (tertiary/aromatic N) is 2. The number of hydrogen-bond donors (Lipinski definition) is 14. The largest absolute Gasteiger partial charge is 0.508 e. The minimum absolute atomic E-state index is 0.0225. The number of primary amides is 2. The Morgan fingerprint density at radius 1 is 0.587 bits per heavy atom. The highest BCUT2D eigenvalue weighted by Gasteiger charge is 2.35. The van der Waals surface area contributed by atoms with Crippen LogP contribution in [0.5, 0.6) is 11.5 Å². The summed E-state index contributed by atoms with van der Waals surface area (Å²) >= 11 is 0. The van der Waals surface area contributed by atoms with Crippen molar-refractivity contribution >= 4 is 71.0 Å².